The Bertz CT molecular complexity index is 725. The second-order valence-corrected chi connectivity index (χ2v) is 6.42. The highest BCUT2D eigenvalue weighted by Gasteiger charge is 2.24. The number of nitrogens with one attached hydrogen (secondary N) is 1. The summed E-state index contributed by atoms with van der Waals surface area (Å²) in [6, 6.07) is 5.66. The van der Waals surface area contributed by atoms with Gasteiger partial charge in [0.05, 0.1) is 11.9 Å². The predicted molar refractivity (Wildman–Crippen MR) is 98.3 cm³/mol. The smallest absolute Gasteiger partial charge is 0.254 e. The molecule has 8 heteroatoms. The van der Waals surface area contributed by atoms with Crippen molar-refractivity contribution in [2.75, 3.05) is 47.9 Å². The maximum atomic E-state index is 12.1. The van der Waals surface area contributed by atoms with Crippen LogP contribution in [0.15, 0.2) is 36.8 Å². The summed E-state index contributed by atoms with van der Waals surface area (Å²) in [5.74, 6) is 1.22. The molecule has 2 aromatic heterocycles. The van der Waals surface area contributed by atoms with E-state index in [1.54, 1.807) is 18.6 Å². The molecule has 1 atom stereocenters. The average Bonchev–Trinajstić information content (AvgIpc) is 3.25. The van der Waals surface area contributed by atoms with E-state index in [1.807, 2.05) is 18.2 Å². The minimum Gasteiger partial charge on any atom is -0.368 e. The zero-order valence-electron chi connectivity index (χ0n) is 14.5. The summed E-state index contributed by atoms with van der Waals surface area (Å²) in [7, 11) is 0. The number of rotatable bonds is 4. The van der Waals surface area contributed by atoms with Crippen LogP contribution in [0.2, 0.25) is 0 Å². The van der Waals surface area contributed by atoms with Crippen molar-refractivity contribution >= 4 is 23.4 Å². The van der Waals surface area contributed by atoms with Crippen LogP contribution in [0.3, 0.4) is 0 Å². The largest absolute Gasteiger partial charge is 0.368 e. The number of carbonyl (C=O) groups excluding carboxylic acids is 1. The lowest BCUT2D eigenvalue weighted by molar-refractivity contribution is -0.124. The van der Waals surface area contributed by atoms with Crippen LogP contribution in [0.25, 0.3) is 0 Å². The van der Waals surface area contributed by atoms with E-state index in [1.165, 1.54) is 0 Å². The summed E-state index contributed by atoms with van der Waals surface area (Å²) in [5.41, 5.74) is 1.05. The second-order valence-electron chi connectivity index (χ2n) is 6.42. The van der Waals surface area contributed by atoms with E-state index in [4.69, 9.17) is 4.74 Å². The number of hydrogen-bond donors (Lipinski definition) is 1. The van der Waals surface area contributed by atoms with Gasteiger partial charge in [-0.3, -0.25) is 4.79 Å². The maximum Gasteiger partial charge on any atom is 0.254 e. The van der Waals surface area contributed by atoms with Gasteiger partial charge in [-0.05, 0) is 31.0 Å². The molecule has 26 heavy (non-hydrogen) atoms. The first-order valence-corrected chi connectivity index (χ1v) is 8.95. The zero-order chi connectivity index (χ0) is 17.8. The van der Waals surface area contributed by atoms with Crippen LogP contribution in [0, 0.1) is 0 Å². The van der Waals surface area contributed by atoms with Crippen molar-refractivity contribution in [2.24, 2.45) is 0 Å². The third kappa shape index (κ3) is 3.75. The fourth-order valence-electron chi connectivity index (χ4n) is 3.26. The Labute approximate surface area is 152 Å². The van der Waals surface area contributed by atoms with Crippen LogP contribution in [-0.4, -0.2) is 59.7 Å². The van der Waals surface area contributed by atoms with Gasteiger partial charge in [0, 0.05) is 45.2 Å². The molecule has 0 bridgehead atoms. The van der Waals surface area contributed by atoms with Gasteiger partial charge < -0.3 is 19.9 Å². The highest BCUT2D eigenvalue weighted by Crippen LogP contribution is 2.19. The van der Waals surface area contributed by atoms with E-state index in [0.29, 0.717) is 12.4 Å². The Morgan fingerprint density at radius 2 is 1.85 bits per heavy atom. The molecule has 0 aromatic carbocycles. The third-order valence-electron chi connectivity index (χ3n) is 4.70. The van der Waals surface area contributed by atoms with Crippen LogP contribution < -0.4 is 15.1 Å². The monoisotopic (exact) mass is 354 g/mol. The van der Waals surface area contributed by atoms with Crippen molar-refractivity contribution < 1.29 is 9.53 Å². The van der Waals surface area contributed by atoms with E-state index in [0.717, 1.165) is 50.7 Å². The van der Waals surface area contributed by atoms with Crippen LogP contribution in [0.5, 0.6) is 0 Å². The number of carbonyl (C=O) groups is 1. The van der Waals surface area contributed by atoms with Crippen LogP contribution in [0.1, 0.15) is 12.8 Å². The first-order chi connectivity index (χ1) is 12.8. The Morgan fingerprint density at radius 1 is 1.08 bits per heavy atom. The lowest BCUT2D eigenvalue weighted by Gasteiger charge is -2.35. The summed E-state index contributed by atoms with van der Waals surface area (Å²) in [4.78, 5) is 29.5. The molecule has 0 saturated carbocycles. The van der Waals surface area contributed by atoms with E-state index in [2.05, 4.69) is 30.1 Å². The summed E-state index contributed by atoms with van der Waals surface area (Å²) < 4.78 is 5.39. The van der Waals surface area contributed by atoms with Crippen LogP contribution >= 0.6 is 0 Å². The predicted octanol–water partition coefficient (Wildman–Crippen LogP) is 1.32. The standard InChI is InChI=1S/C18H22N6O2/c25-17(15-3-1-12-26-15)22-16-5-4-14(13-21-16)23-8-10-24(11-9-23)18-19-6-2-7-20-18/h2,4-7,13,15H,1,3,8-12H2,(H,21,22,25). The molecule has 2 saturated heterocycles. The van der Waals surface area contributed by atoms with Gasteiger partial charge in [-0.15, -0.1) is 0 Å². The molecule has 2 aliphatic rings. The van der Waals surface area contributed by atoms with E-state index >= 15 is 0 Å². The minimum absolute atomic E-state index is 0.112. The highest BCUT2D eigenvalue weighted by atomic mass is 16.5. The molecule has 2 fully saturated rings. The van der Waals surface area contributed by atoms with Crippen molar-refractivity contribution in [1.82, 2.24) is 15.0 Å². The Hall–Kier alpha value is -2.74. The first-order valence-electron chi connectivity index (χ1n) is 8.95. The number of nitrogens with zero attached hydrogens (tertiary/aromatic N) is 5. The van der Waals surface area contributed by atoms with Crippen molar-refractivity contribution in [1.29, 1.82) is 0 Å². The molecule has 1 amide bonds. The quantitative estimate of drug-likeness (QED) is 0.886. The highest BCUT2D eigenvalue weighted by molar-refractivity contribution is 5.93. The van der Waals surface area contributed by atoms with Gasteiger partial charge in [0.1, 0.15) is 11.9 Å². The first kappa shape index (κ1) is 16.7. The zero-order valence-corrected chi connectivity index (χ0v) is 14.5. The molecule has 0 spiro atoms. The van der Waals surface area contributed by atoms with Gasteiger partial charge in [-0.25, -0.2) is 15.0 Å². The molecule has 136 valence electrons. The molecular formula is C18H22N6O2. The number of anilines is 3. The van der Waals surface area contributed by atoms with Crippen LogP contribution in [0.4, 0.5) is 17.5 Å². The Morgan fingerprint density at radius 3 is 2.50 bits per heavy atom. The summed E-state index contributed by atoms with van der Waals surface area (Å²) in [6.07, 6.45) is 6.71. The molecule has 4 heterocycles. The molecular weight excluding hydrogens is 332 g/mol. The van der Waals surface area contributed by atoms with Gasteiger partial charge in [-0.1, -0.05) is 0 Å². The molecule has 2 aliphatic heterocycles. The van der Waals surface area contributed by atoms with Gasteiger partial charge >= 0.3 is 0 Å². The number of ether oxygens (including phenoxy) is 1. The number of piperazine rings is 1. The van der Waals surface area contributed by atoms with Crippen molar-refractivity contribution in [3.05, 3.63) is 36.8 Å². The summed E-state index contributed by atoms with van der Waals surface area (Å²) in [6.45, 7) is 4.14. The molecule has 0 aliphatic carbocycles. The molecule has 2 aromatic rings. The molecule has 0 radical (unpaired) electrons. The normalized spacial score (nSPS) is 20.2. The van der Waals surface area contributed by atoms with Gasteiger partial charge in [0.2, 0.25) is 5.95 Å². The third-order valence-corrected chi connectivity index (χ3v) is 4.70. The SMILES string of the molecule is O=C(Nc1ccc(N2CCN(c3ncccn3)CC2)cn1)C1CCCO1. The van der Waals surface area contributed by atoms with Crippen LogP contribution in [-0.2, 0) is 9.53 Å². The minimum atomic E-state index is -0.343. The Balaban J connectivity index is 1.32. The number of amides is 1. The number of aromatic nitrogens is 3. The lowest BCUT2D eigenvalue weighted by atomic mass is 10.2. The summed E-state index contributed by atoms with van der Waals surface area (Å²) >= 11 is 0. The van der Waals surface area contributed by atoms with E-state index in [9.17, 15) is 4.79 Å². The number of pyridine rings is 1. The van der Waals surface area contributed by atoms with E-state index in [-0.39, 0.29) is 12.0 Å². The maximum absolute atomic E-state index is 12.1. The van der Waals surface area contributed by atoms with Gasteiger partial charge in [-0.2, -0.15) is 0 Å². The lowest BCUT2D eigenvalue weighted by Crippen LogP contribution is -2.47. The fourth-order valence-corrected chi connectivity index (χ4v) is 3.26. The average molecular weight is 354 g/mol. The topological polar surface area (TPSA) is 83.5 Å². The van der Waals surface area contributed by atoms with Gasteiger partial charge in [0.15, 0.2) is 0 Å². The number of hydrogen-bond acceptors (Lipinski definition) is 7. The van der Waals surface area contributed by atoms with Crippen molar-refractivity contribution in [3.63, 3.8) is 0 Å². The van der Waals surface area contributed by atoms with Crippen molar-refractivity contribution in [3.8, 4) is 0 Å². The van der Waals surface area contributed by atoms with Crippen molar-refractivity contribution in [2.45, 2.75) is 18.9 Å². The Kier molecular flexibility index (Phi) is 4.92. The van der Waals surface area contributed by atoms with E-state index < -0.39 is 0 Å². The second kappa shape index (κ2) is 7.65. The molecule has 1 unspecified atom stereocenters. The summed E-state index contributed by atoms with van der Waals surface area (Å²) in [5, 5.41) is 2.82. The van der Waals surface area contributed by atoms with Gasteiger partial charge in [0.25, 0.3) is 5.91 Å². The molecule has 8 nitrogen and oxygen atoms in total. The fraction of sp³-hybridized carbons (Fsp3) is 0.444. The molecule has 4 rings (SSSR count). The molecule has 1 N–H and O–H groups in total.